The largest absolute Gasteiger partial charge is 0.271 e. The molecule has 0 radical (unpaired) electrons. The average molecular weight is 333 g/mol. The molecule has 4 aromatic rings. The van der Waals surface area contributed by atoms with Gasteiger partial charge in [-0.2, -0.15) is 0 Å². The summed E-state index contributed by atoms with van der Waals surface area (Å²) in [5, 5.41) is 11.2. The van der Waals surface area contributed by atoms with Crippen LogP contribution in [0, 0.1) is 0 Å². The van der Waals surface area contributed by atoms with Crippen molar-refractivity contribution in [1.29, 1.82) is 0 Å². The van der Waals surface area contributed by atoms with Gasteiger partial charge in [0.2, 0.25) is 0 Å². The van der Waals surface area contributed by atoms with Crippen LogP contribution in [0.4, 0.5) is 0 Å². The molecule has 0 aliphatic heterocycles. The number of amides is 1. The summed E-state index contributed by atoms with van der Waals surface area (Å²) >= 11 is 0. The lowest BCUT2D eigenvalue weighted by molar-refractivity contribution is -0.120. The first-order chi connectivity index (χ1) is 12.3. The van der Waals surface area contributed by atoms with Crippen LogP contribution in [0.3, 0.4) is 0 Å². The Bertz CT molecular complexity index is 979. The molecule has 25 heavy (non-hydrogen) atoms. The fourth-order valence-electron chi connectivity index (χ4n) is 2.70. The summed E-state index contributed by atoms with van der Waals surface area (Å²) in [6.07, 6.45) is 3.51. The molecule has 8 nitrogen and oxygen atoms in total. The molecular formula is C17H15N7O. The number of para-hydroxylation sites is 2. The summed E-state index contributed by atoms with van der Waals surface area (Å²) in [6, 6.07) is 16.8. The molecule has 2 aromatic heterocycles. The summed E-state index contributed by atoms with van der Waals surface area (Å²) in [5.41, 5.74) is 5.53. The van der Waals surface area contributed by atoms with Crippen molar-refractivity contribution in [3.63, 3.8) is 0 Å². The number of hydrogen-bond donors (Lipinski definition) is 1. The predicted octanol–water partition coefficient (Wildman–Crippen LogP) is 1.58. The fraction of sp³-hybridized carbons (Fsp3) is 0.118. The second-order valence-corrected chi connectivity index (χ2v) is 5.57. The summed E-state index contributed by atoms with van der Waals surface area (Å²) in [6.45, 7) is 0. The number of carbonyl (C=O) groups is 1. The van der Waals surface area contributed by atoms with Gasteiger partial charge in [-0.3, -0.25) is 10.2 Å². The molecular weight excluding hydrogens is 318 g/mol. The summed E-state index contributed by atoms with van der Waals surface area (Å²) in [7, 11) is 0. The molecule has 4 rings (SSSR count). The third kappa shape index (κ3) is 3.09. The second kappa shape index (κ2) is 6.52. The molecule has 2 aromatic carbocycles. The Kier molecular flexibility index (Phi) is 3.91. The number of aromatic nitrogens is 6. The molecule has 1 atom stereocenters. The highest BCUT2D eigenvalue weighted by Crippen LogP contribution is 2.15. The minimum Gasteiger partial charge on any atom is -0.271 e. The van der Waals surface area contributed by atoms with E-state index in [9.17, 15) is 4.79 Å². The third-order valence-corrected chi connectivity index (χ3v) is 3.94. The smallest absolute Gasteiger partial charge is 0.264 e. The first kappa shape index (κ1) is 15.0. The number of nitrogens with zero attached hydrogens (tertiary/aromatic N) is 6. The lowest BCUT2D eigenvalue weighted by Crippen LogP contribution is -2.32. The van der Waals surface area contributed by atoms with Gasteiger partial charge in [-0.1, -0.05) is 42.5 Å². The van der Waals surface area contributed by atoms with Crippen LogP contribution in [-0.4, -0.2) is 35.8 Å². The number of tetrazole rings is 1. The van der Waals surface area contributed by atoms with Gasteiger partial charge >= 0.3 is 0 Å². The molecule has 0 fully saturated rings. The molecule has 0 spiro atoms. The van der Waals surface area contributed by atoms with Crippen LogP contribution in [0.2, 0.25) is 0 Å². The highest BCUT2D eigenvalue weighted by atomic mass is 16.2. The van der Waals surface area contributed by atoms with Gasteiger partial charge in [0.25, 0.3) is 5.91 Å². The lowest BCUT2D eigenvalue weighted by Gasteiger charge is -2.17. The molecule has 1 unspecified atom stereocenters. The fourth-order valence-corrected chi connectivity index (χ4v) is 2.70. The Morgan fingerprint density at radius 1 is 1.04 bits per heavy atom. The monoisotopic (exact) mass is 333 g/mol. The third-order valence-electron chi connectivity index (χ3n) is 3.94. The Hall–Kier alpha value is -3.55. The van der Waals surface area contributed by atoms with E-state index >= 15 is 0 Å². The maximum atomic E-state index is 12.9. The van der Waals surface area contributed by atoms with Crippen LogP contribution in [0.25, 0.3) is 11.0 Å². The number of fused-ring (bicyclic) bond motifs is 1. The maximum Gasteiger partial charge on any atom is 0.264 e. The van der Waals surface area contributed by atoms with Crippen molar-refractivity contribution in [3.05, 3.63) is 72.8 Å². The van der Waals surface area contributed by atoms with E-state index in [1.807, 2.05) is 54.6 Å². The molecule has 1 N–H and O–H groups in total. The number of rotatable bonds is 5. The summed E-state index contributed by atoms with van der Waals surface area (Å²) < 4.78 is 3.07. The number of benzene rings is 2. The van der Waals surface area contributed by atoms with E-state index in [-0.39, 0.29) is 5.91 Å². The summed E-state index contributed by atoms with van der Waals surface area (Å²) in [4.78, 5) is 17.2. The van der Waals surface area contributed by atoms with Crippen LogP contribution in [0.5, 0.6) is 0 Å². The SMILES string of the molecule is O=C(Nn1cnc2ccccc21)C(Cc1ccccc1)n1cnnn1. The van der Waals surface area contributed by atoms with Crippen molar-refractivity contribution in [2.45, 2.75) is 12.5 Å². The standard InChI is InChI=1S/C17H15N7O/c25-17(20-23-11-18-14-8-4-5-9-15(14)23)16(24-12-19-21-22-24)10-13-6-2-1-3-7-13/h1-9,11-12,16H,10H2,(H,20,25). The van der Waals surface area contributed by atoms with Crippen LogP contribution in [0.15, 0.2) is 67.3 Å². The molecule has 0 aliphatic rings. The Balaban J connectivity index is 1.61. The molecule has 0 aliphatic carbocycles. The van der Waals surface area contributed by atoms with Crippen molar-refractivity contribution in [2.24, 2.45) is 0 Å². The zero-order valence-corrected chi connectivity index (χ0v) is 13.2. The van der Waals surface area contributed by atoms with Gasteiger partial charge in [0.15, 0.2) is 0 Å². The van der Waals surface area contributed by atoms with Gasteiger partial charge in [0.1, 0.15) is 18.7 Å². The first-order valence-corrected chi connectivity index (χ1v) is 7.80. The van der Waals surface area contributed by atoms with Gasteiger partial charge in [0.05, 0.1) is 11.0 Å². The number of imidazole rings is 1. The van der Waals surface area contributed by atoms with E-state index in [0.29, 0.717) is 6.42 Å². The van der Waals surface area contributed by atoms with Crippen molar-refractivity contribution >= 4 is 16.9 Å². The van der Waals surface area contributed by atoms with Crippen molar-refractivity contribution in [3.8, 4) is 0 Å². The maximum absolute atomic E-state index is 12.9. The molecule has 1 amide bonds. The highest BCUT2D eigenvalue weighted by molar-refractivity contribution is 5.89. The van der Waals surface area contributed by atoms with E-state index in [0.717, 1.165) is 16.6 Å². The average Bonchev–Trinajstić information content (AvgIpc) is 3.31. The van der Waals surface area contributed by atoms with Gasteiger partial charge in [-0.05, 0) is 28.1 Å². The van der Waals surface area contributed by atoms with Gasteiger partial charge in [-0.15, -0.1) is 5.10 Å². The molecule has 2 heterocycles. The van der Waals surface area contributed by atoms with E-state index in [1.54, 1.807) is 11.0 Å². The van der Waals surface area contributed by atoms with Crippen molar-refractivity contribution in [2.75, 3.05) is 5.43 Å². The van der Waals surface area contributed by atoms with Gasteiger partial charge in [-0.25, -0.2) is 14.3 Å². The summed E-state index contributed by atoms with van der Waals surface area (Å²) in [5.74, 6) is -0.223. The van der Waals surface area contributed by atoms with Crippen molar-refractivity contribution < 1.29 is 4.79 Å². The quantitative estimate of drug-likeness (QED) is 0.599. The molecule has 0 saturated carbocycles. The molecule has 0 saturated heterocycles. The number of carbonyl (C=O) groups excluding carboxylic acids is 1. The first-order valence-electron chi connectivity index (χ1n) is 7.80. The van der Waals surface area contributed by atoms with E-state index < -0.39 is 6.04 Å². The van der Waals surface area contributed by atoms with Crippen LogP contribution < -0.4 is 5.43 Å². The van der Waals surface area contributed by atoms with E-state index in [2.05, 4.69) is 25.9 Å². The van der Waals surface area contributed by atoms with Crippen LogP contribution >= 0.6 is 0 Å². The van der Waals surface area contributed by atoms with Gasteiger partial charge in [0, 0.05) is 6.42 Å². The minimum absolute atomic E-state index is 0.223. The second-order valence-electron chi connectivity index (χ2n) is 5.57. The number of hydrogen-bond acceptors (Lipinski definition) is 5. The van der Waals surface area contributed by atoms with Crippen molar-refractivity contribution in [1.82, 2.24) is 29.9 Å². The Labute approximate surface area is 143 Å². The van der Waals surface area contributed by atoms with E-state index in [4.69, 9.17) is 0 Å². The minimum atomic E-state index is -0.571. The highest BCUT2D eigenvalue weighted by Gasteiger charge is 2.23. The van der Waals surface area contributed by atoms with E-state index in [1.165, 1.54) is 11.0 Å². The van der Waals surface area contributed by atoms with Crippen LogP contribution in [-0.2, 0) is 11.2 Å². The van der Waals surface area contributed by atoms with Gasteiger partial charge < -0.3 is 0 Å². The zero-order chi connectivity index (χ0) is 17.1. The molecule has 8 heteroatoms. The zero-order valence-electron chi connectivity index (χ0n) is 13.2. The normalized spacial score (nSPS) is 12.2. The Morgan fingerprint density at radius 3 is 2.64 bits per heavy atom. The predicted molar refractivity (Wildman–Crippen MR) is 91.1 cm³/mol. The van der Waals surface area contributed by atoms with Crippen LogP contribution in [0.1, 0.15) is 11.6 Å². The number of nitrogens with one attached hydrogen (secondary N) is 1. The Morgan fingerprint density at radius 2 is 1.84 bits per heavy atom. The topological polar surface area (TPSA) is 90.5 Å². The lowest BCUT2D eigenvalue weighted by atomic mass is 10.1. The molecule has 0 bridgehead atoms. The molecule has 124 valence electrons.